The van der Waals surface area contributed by atoms with Crippen LogP contribution in [0.15, 0.2) is 24.4 Å². The number of hydrogen-bond donors (Lipinski definition) is 1. The molecule has 2 rings (SSSR count). The first-order valence-electron chi connectivity index (χ1n) is 3.91. The first kappa shape index (κ1) is 10.2. The van der Waals surface area contributed by atoms with Crippen LogP contribution in [0.5, 0.6) is 0 Å². The molecule has 14 heavy (non-hydrogen) atoms. The molecule has 4 heteroatoms. The van der Waals surface area contributed by atoms with Crippen molar-refractivity contribution in [2.24, 2.45) is 0 Å². The third-order valence-corrected chi connectivity index (χ3v) is 2.08. The summed E-state index contributed by atoms with van der Waals surface area (Å²) in [5.74, 6) is 0. The number of nitro groups is 1. The molecule has 0 atom stereocenters. The summed E-state index contributed by atoms with van der Waals surface area (Å²) in [5, 5.41) is 11.4. The van der Waals surface area contributed by atoms with Crippen molar-refractivity contribution in [1.82, 2.24) is 4.98 Å². The number of non-ortho nitro benzene ring substituents is 1. The van der Waals surface area contributed by atoms with Crippen molar-refractivity contribution < 1.29 is 4.92 Å². The lowest BCUT2D eigenvalue weighted by Crippen LogP contribution is -1.88. The summed E-state index contributed by atoms with van der Waals surface area (Å²) in [6.07, 6.45) is 1.78. The SMILES string of the molecule is C.Cc1c[nH]c2cccc([N+](=O)[O-])c12. The van der Waals surface area contributed by atoms with Crippen molar-refractivity contribution >= 4 is 16.6 Å². The van der Waals surface area contributed by atoms with Gasteiger partial charge in [-0.15, -0.1) is 0 Å². The molecule has 0 spiro atoms. The number of nitrogens with one attached hydrogen (secondary N) is 1. The standard InChI is InChI=1S/C9H8N2O2.CH4/c1-6-5-10-7-3-2-4-8(9(6)7)11(12)13;/h2-5,10H,1H3;1H4. The van der Waals surface area contributed by atoms with Gasteiger partial charge >= 0.3 is 0 Å². The first-order chi connectivity index (χ1) is 6.20. The Morgan fingerprint density at radius 1 is 1.43 bits per heavy atom. The molecule has 0 radical (unpaired) electrons. The lowest BCUT2D eigenvalue weighted by molar-refractivity contribution is -0.383. The number of fused-ring (bicyclic) bond motifs is 1. The van der Waals surface area contributed by atoms with Gasteiger partial charge in [0.1, 0.15) is 0 Å². The van der Waals surface area contributed by atoms with Gasteiger partial charge in [0.2, 0.25) is 0 Å². The maximum atomic E-state index is 10.7. The Labute approximate surface area is 81.7 Å². The monoisotopic (exact) mass is 192 g/mol. The van der Waals surface area contributed by atoms with Gasteiger partial charge in [-0.1, -0.05) is 13.5 Å². The minimum Gasteiger partial charge on any atom is -0.361 e. The predicted molar refractivity (Wildman–Crippen MR) is 56.4 cm³/mol. The maximum Gasteiger partial charge on any atom is 0.279 e. The highest BCUT2D eigenvalue weighted by Crippen LogP contribution is 2.27. The highest BCUT2D eigenvalue weighted by molar-refractivity contribution is 5.91. The van der Waals surface area contributed by atoms with E-state index in [1.807, 2.05) is 13.0 Å². The van der Waals surface area contributed by atoms with E-state index < -0.39 is 0 Å². The van der Waals surface area contributed by atoms with Crippen LogP contribution in [0.4, 0.5) is 5.69 Å². The average molecular weight is 192 g/mol. The van der Waals surface area contributed by atoms with Crippen molar-refractivity contribution in [2.45, 2.75) is 14.4 Å². The Balaban J connectivity index is 0.000000980. The van der Waals surface area contributed by atoms with Gasteiger partial charge in [-0.2, -0.15) is 0 Å². The van der Waals surface area contributed by atoms with E-state index in [4.69, 9.17) is 0 Å². The Morgan fingerprint density at radius 2 is 2.14 bits per heavy atom. The molecule has 2 aromatic rings. The normalized spacial score (nSPS) is 9.79. The van der Waals surface area contributed by atoms with E-state index in [1.54, 1.807) is 12.3 Å². The topological polar surface area (TPSA) is 58.9 Å². The van der Waals surface area contributed by atoms with Gasteiger partial charge in [0.25, 0.3) is 5.69 Å². The molecule has 1 heterocycles. The smallest absolute Gasteiger partial charge is 0.279 e. The number of nitro benzene ring substituents is 1. The van der Waals surface area contributed by atoms with Crippen LogP contribution in [-0.4, -0.2) is 9.91 Å². The molecule has 0 aliphatic heterocycles. The third-order valence-electron chi connectivity index (χ3n) is 2.08. The van der Waals surface area contributed by atoms with Crippen molar-refractivity contribution in [3.05, 3.63) is 40.1 Å². The second kappa shape index (κ2) is 3.49. The number of aromatic nitrogens is 1. The van der Waals surface area contributed by atoms with Gasteiger partial charge in [0.15, 0.2) is 0 Å². The minimum absolute atomic E-state index is 0. The van der Waals surface area contributed by atoms with Gasteiger partial charge in [-0.25, -0.2) is 0 Å². The van der Waals surface area contributed by atoms with E-state index in [2.05, 4.69) is 4.98 Å². The highest BCUT2D eigenvalue weighted by atomic mass is 16.6. The molecular weight excluding hydrogens is 180 g/mol. The molecule has 0 aliphatic carbocycles. The van der Waals surface area contributed by atoms with Crippen molar-refractivity contribution in [3.63, 3.8) is 0 Å². The third kappa shape index (κ3) is 1.35. The second-order valence-corrected chi connectivity index (χ2v) is 2.93. The second-order valence-electron chi connectivity index (χ2n) is 2.93. The number of aryl methyl sites for hydroxylation is 1. The van der Waals surface area contributed by atoms with Crippen LogP contribution >= 0.6 is 0 Å². The molecule has 1 aromatic heterocycles. The van der Waals surface area contributed by atoms with Crippen molar-refractivity contribution in [3.8, 4) is 0 Å². The van der Waals surface area contributed by atoms with E-state index in [0.717, 1.165) is 11.1 Å². The van der Waals surface area contributed by atoms with Crippen LogP contribution in [0.2, 0.25) is 0 Å². The number of aromatic amines is 1. The molecule has 0 aliphatic rings. The first-order valence-corrected chi connectivity index (χ1v) is 3.91. The molecule has 1 N–H and O–H groups in total. The summed E-state index contributed by atoms with van der Waals surface area (Å²) in [7, 11) is 0. The lowest BCUT2D eigenvalue weighted by atomic mass is 10.1. The van der Waals surface area contributed by atoms with Gasteiger partial charge < -0.3 is 4.98 Å². The van der Waals surface area contributed by atoms with Crippen LogP contribution in [0.25, 0.3) is 10.9 Å². The molecule has 0 fully saturated rings. The lowest BCUT2D eigenvalue weighted by Gasteiger charge is -1.94. The zero-order valence-electron chi connectivity index (χ0n) is 7.07. The van der Waals surface area contributed by atoms with Crippen molar-refractivity contribution in [2.75, 3.05) is 0 Å². The summed E-state index contributed by atoms with van der Waals surface area (Å²) in [6, 6.07) is 5.02. The van der Waals surface area contributed by atoms with Gasteiger partial charge in [-0.3, -0.25) is 10.1 Å². The summed E-state index contributed by atoms with van der Waals surface area (Å²) in [5.41, 5.74) is 1.88. The zero-order valence-corrected chi connectivity index (χ0v) is 7.07. The summed E-state index contributed by atoms with van der Waals surface area (Å²) < 4.78 is 0. The minimum atomic E-state index is -0.358. The number of nitrogens with zero attached hydrogens (tertiary/aromatic N) is 1. The van der Waals surface area contributed by atoms with E-state index in [0.29, 0.717) is 5.39 Å². The number of benzene rings is 1. The molecule has 0 unspecified atom stereocenters. The average Bonchev–Trinajstić information content (AvgIpc) is 2.48. The van der Waals surface area contributed by atoms with E-state index in [1.165, 1.54) is 6.07 Å². The highest BCUT2D eigenvalue weighted by Gasteiger charge is 2.13. The Morgan fingerprint density at radius 3 is 2.79 bits per heavy atom. The van der Waals surface area contributed by atoms with Crippen LogP contribution < -0.4 is 0 Å². The fourth-order valence-electron chi connectivity index (χ4n) is 1.49. The van der Waals surface area contributed by atoms with E-state index in [9.17, 15) is 10.1 Å². The number of rotatable bonds is 1. The molecule has 0 saturated heterocycles. The molecule has 0 amide bonds. The van der Waals surface area contributed by atoms with Gasteiger partial charge in [-0.05, 0) is 18.6 Å². The summed E-state index contributed by atoms with van der Waals surface area (Å²) in [4.78, 5) is 13.3. The van der Waals surface area contributed by atoms with E-state index in [-0.39, 0.29) is 18.0 Å². The van der Waals surface area contributed by atoms with E-state index >= 15 is 0 Å². The molecule has 0 saturated carbocycles. The quantitative estimate of drug-likeness (QED) is 0.557. The molecule has 1 aromatic carbocycles. The maximum absolute atomic E-state index is 10.7. The van der Waals surface area contributed by atoms with Crippen LogP contribution in [-0.2, 0) is 0 Å². The van der Waals surface area contributed by atoms with Crippen LogP contribution in [0.3, 0.4) is 0 Å². The summed E-state index contributed by atoms with van der Waals surface area (Å²) in [6.45, 7) is 1.85. The fraction of sp³-hybridized carbons (Fsp3) is 0.200. The van der Waals surface area contributed by atoms with Gasteiger partial charge in [0.05, 0.1) is 15.8 Å². The predicted octanol–water partition coefficient (Wildman–Crippen LogP) is 3.02. The Bertz CT molecular complexity index is 474. The largest absolute Gasteiger partial charge is 0.361 e. The van der Waals surface area contributed by atoms with Crippen LogP contribution in [0.1, 0.15) is 13.0 Å². The number of hydrogen-bond acceptors (Lipinski definition) is 2. The zero-order chi connectivity index (χ0) is 9.42. The Hall–Kier alpha value is -1.84. The Kier molecular flexibility index (Phi) is 2.56. The summed E-state index contributed by atoms with van der Waals surface area (Å²) >= 11 is 0. The molecule has 0 bridgehead atoms. The fourth-order valence-corrected chi connectivity index (χ4v) is 1.49. The molecule has 74 valence electrons. The van der Waals surface area contributed by atoms with Crippen LogP contribution in [0, 0.1) is 17.0 Å². The van der Waals surface area contributed by atoms with Gasteiger partial charge in [0, 0.05) is 12.3 Å². The number of H-pyrrole nitrogens is 1. The molecule has 4 nitrogen and oxygen atoms in total. The van der Waals surface area contributed by atoms with Crippen molar-refractivity contribution in [1.29, 1.82) is 0 Å². The molecular formula is C10H12N2O2.